The van der Waals surface area contributed by atoms with Crippen molar-refractivity contribution in [2.45, 2.75) is 31.2 Å². The van der Waals surface area contributed by atoms with Gasteiger partial charge in [-0.2, -0.15) is 12.2 Å². The molecular formula is C21H27ClN4O2S. The van der Waals surface area contributed by atoms with E-state index in [1.165, 1.54) is 18.3 Å². The molecule has 0 bridgehead atoms. The number of anilines is 2. The predicted molar refractivity (Wildman–Crippen MR) is 120 cm³/mol. The number of hydrogen-bond donors (Lipinski definition) is 0. The van der Waals surface area contributed by atoms with Crippen molar-refractivity contribution in [3.8, 4) is 0 Å². The Kier molecular flexibility index (Phi) is 6.82. The van der Waals surface area contributed by atoms with E-state index >= 15 is 0 Å². The number of aromatic nitrogens is 1. The van der Waals surface area contributed by atoms with Crippen LogP contribution in [0, 0.1) is 0 Å². The number of hydrogen-bond acceptors (Lipinski definition) is 5. The van der Waals surface area contributed by atoms with Crippen LogP contribution in [0.25, 0.3) is 6.08 Å². The number of pyridine rings is 1. The summed E-state index contributed by atoms with van der Waals surface area (Å²) in [6.07, 6.45) is 4.30. The summed E-state index contributed by atoms with van der Waals surface area (Å²) in [4.78, 5) is 9.29. The van der Waals surface area contributed by atoms with Gasteiger partial charge in [-0.3, -0.25) is 4.90 Å². The van der Waals surface area contributed by atoms with Gasteiger partial charge in [0.25, 0.3) is 10.0 Å². The number of sulfonamides is 1. The van der Waals surface area contributed by atoms with E-state index < -0.39 is 10.0 Å². The van der Waals surface area contributed by atoms with Crippen LogP contribution in [0.15, 0.2) is 54.1 Å². The molecule has 1 aliphatic rings. The molecule has 1 aromatic heterocycles. The Morgan fingerprint density at radius 3 is 2.52 bits per heavy atom. The van der Waals surface area contributed by atoms with Gasteiger partial charge in [-0.25, -0.2) is 4.98 Å². The third kappa shape index (κ3) is 4.74. The van der Waals surface area contributed by atoms with Crippen LogP contribution in [-0.2, 0) is 10.0 Å². The first-order valence-corrected chi connectivity index (χ1v) is 11.5. The van der Waals surface area contributed by atoms with Crippen molar-refractivity contribution in [3.05, 3.63) is 54.7 Å². The molecule has 0 radical (unpaired) electrons. The van der Waals surface area contributed by atoms with Crippen LogP contribution in [0.1, 0.15) is 25.8 Å². The lowest BCUT2D eigenvalue weighted by Crippen LogP contribution is -2.52. The molecule has 0 spiro atoms. The second-order valence-corrected chi connectivity index (χ2v) is 9.52. The third-order valence-electron chi connectivity index (χ3n) is 5.16. The molecule has 156 valence electrons. The lowest BCUT2D eigenvalue weighted by molar-refractivity contribution is 0.189. The molecule has 1 atom stereocenters. The topological polar surface area (TPSA) is 56.8 Å². The molecule has 1 aromatic carbocycles. The van der Waals surface area contributed by atoms with Crippen LogP contribution in [0.5, 0.6) is 0 Å². The molecule has 1 saturated heterocycles. The Balaban J connectivity index is 1.73. The molecule has 1 fully saturated rings. The van der Waals surface area contributed by atoms with E-state index in [2.05, 4.69) is 35.2 Å². The second-order valence-electron chi connectivity index (χ2n) is 7.20. The van der Waals surface area contributed by atoms with E-state index in [1.54, 1.807) is 24.3 Å². The average Bonchev–Trinajstić information content (AvgIpc) is 2.75. The quantitative estimate of drug-likeness (QED) is 0.616. The van der Waals surface area contributed by atoms with Gasteiger partial charge in [-0.15, -0.1) is 0 Å². The molecular weight excluding hydrogens is 408 g/mol. The van der Waals surface area contributed by atoms with Crippen LogP contribution in [0.2, 0.25) is 0 Å². The first kappa shape index (κ1) is 21.6. The minimum Gasteiger partial charge on any atom is -0.354 e. The predicted octanol–water partition coefficient (Wildman–Crippen LogP) is 3.99. The van der Waals surface area contributed by atoms with Crippen LogP contribution < -0.4 is 8.72 Å². The van der Waals surface area contributed by atoms with Gasteiger partial charge in [-0.1, -0.05) is 31.7 Å². The lowest BCUT2D eigenvalue weighted by Gasteiger charge is -2.40. The molecule has 6 nitrogen and oxygen atoms in total. The zero-order valence-corrected chi connectivity index (χ0v) is 18.4. The highest BCUT2D eigenvalue weighted by Crippen LogP contribution is 2.27. The summed E-state index contributed by atoms with van der Waals surface area (Å²) < 4.78 is 26.3. The van der Waals surface area contributed by atoms with Crippen molar-refractivity contribution in [2.75, 3.05) is 34.9 Å². The second kappa shape index (κ2) is 9.15. The Bertz CT molecular complexity index is 932. The van der Waals surface area contributed by atoms with Gasteiger partial charge >= 0.3 is 0 Å². The molecule has 0 amide bonds. The summed E-state index contributed by atoms with van der Waals surface area (Å²) in [5.74, 6) is 0.828. The molecule has 2 aromatic rings. The van der Waals surface area contributed by atoms with Crippen molar-refractivity contribution >= 4 is 39.4 Å². The van der Waals surface area contributed by atoms with Gasteiger partial charge in [0.1, 0.15) is 5.82 Å². The number of halogens is 1. The van der Waals surface area contributed by atoms with Crippen LogP contribution in [0.3, 0.4) is 0 Å². The standard InChI is InChI=1S/C21H27ClN4O2S/c1-4-12-24-13-14-25(16-17(24)3)21-11-8-19(15-23-21)26(22)29(27,28)20-9-6-18(5-2)7-10-20/h5-11,15,17H,2,4,12-14,16H2,1,3H3/t17-/m0/s1. The Morgan fingerprint density at radius 2 is 1.97 bits per heavy atom. The van der Waals surface area contributed by atoms with Crippen molar-refractivity contribution in [2.24, 2.45) is 0 Å². The molecule has 0 aliphatic carbocycles. The highest BCUT2D eigenvalue weighted by molar-refractivity contribution is 7.94. The molecule has 2 heterocycles. The van der Waals surface area contributed by atoms with Gasteiger partial charge in [0, 0.05) is 37.5 Å². The van der Waals surface area contributed by atoms with E-state index in [9.17, 15) is 8.42 Å². The molecule has 3 rings (SSSR count). The third-order valence-corrected chi connectivity index (χ3v) is 7.40. The highest BCUT2D eigenvalue weighted by Gasteiger charge is 2.26. The highest BCUT2D eigenvalue weighted by atomic mass is 35.5. The number of rotatable bonds is 7. The molecule has 0 saturated carbocycles. The summed E-state index contributed by atoms with van der Waals surface area (Å²) in [5, 5.41) is 0. The molecule has 1 aliphatic heterocycles. The number of piperazine rings is 1. The Morgan fingerprint density at radius 1 is 1.24 bits per heavy atom. The fraction of sp³-hybridized carbons (Fsp3) is 0.381. The fourth-order valence-electron chi connectivity index (χ4n) is 3.50. The van der Waals surface area contributed by atoms with Crippen molar-refractivity contribution < 1.29 is 8.42 Å². The van der Waals surface area contributed by atoms with Gasteiger partial charge in [0.2, 0.25) is 0 Å². The van der Waals surface area contributed by atoms with E-state index in [4.69, 9.17) is 11.8 Å². The zero-order valence-electron chi connectivity index (χ0n) is 16.8. The molecule has 0 N–H and O–H groups in total. The Labute approximate surface area is 178 Å². The monoisotopic (exact) mass is 434 g/mol. The average molecular weight is 435 g/mol. The maximum atomic E-state index is 12.8. The minimum absolute atomic E-state index is 0.114. The summed E-state index contributed by atoms with van der Waals surface area (Å²) in [7, 11) is -3.87. The van der Waals surface area contributed by atoms with Gasteiger partial charge in [0.05, 0.1) is 16.8 Å². The van der Waals surface area contributed by atoms with Crippen LogP contribution in [0.4, 0.5) is 11.5 Å². The molecule has 8 heteroatoms. The summed E-state index contributed by atoms with van der Waals surface area (Å²) >= 11 is 6.19. The normalized spacial score (nSPS) is 17.9. The van der Waals surface area contributed by atoms with Crippen LogP contribution >= 0.6 is 11.8 Å². The zero-order chi connectivity index (χ0) is 21.0. The van der Waals surface area contributed by atoms with Gasteiger partial charge < -0.3 is 4.90 Å². The van der Waals surface area contributed by atoms with Gasteiger partial charge in [-0.05, 0) is 49.7 Å². The van der Waals surface area contributed by atoms with E-state index in [1.807, 2.05) is 6.07 Å². The maximum absolute atomic E-state index is 12.8. The van der Waals surface area contributed by atoms with Crippen molar-refractivity contribution in [1.82, 2.24) is 9.88 Å². The summed E-state index contributed by atoms with van der Waals surface area (Å²) in [6.45, 7) is 12.0. The first-order chi connectivity index (χ1) is 13.9. The maximum Gasteiger partial charge on any atom is 0.278 e. The fourth-order valence-corrected chi connectivity index (χ4v) is 4.89. The van der Waals surface area contributed by atoms with Crippen molar-refractivity contribution in [3.63, 3.8) is 0 Å². The largest absolute Gasteiger partial charge is 0.354 e. The molecule has 0 unspecified atom stereocenters. The van der Waals surface area contributed by atoms with E-state index in [-0.39, 0.29) is 4.90 Å². The Hall–Kier alpha value is -2.09. The smallest absolute Gasteiger partial charge is 0.278 e. The van der Waals surface area contributed by atoms with Gasteiger partial charge in [0.15, 0.2) is 0 Å². The lowest BCUT2D eigenvalue weighted by atomic mass is 10.2. The van der Waals surface area contributed by atoms with Crippen molar-refractivity contribution in [1.29, 1.82) is 0 Å². The van der Waals surface area contributed by atoms with E-state index in [0.717, 1.165) is 47.8 Å². The number of benzene rings is 1. The van der Waals surface area contributed by atoms with E-state index in [0.29, 0.717) is 11.7 Å². The van der Waals surface area contributed by atoms with Crippen LogP contribution in [-0.4, -0.2) is 50.5 Å². The summed E-state index contributed by atoms with van der Waals surface area (Å²) in [6, 6.07) is 10.4. The minimum atomic E-state index is -3.87. The summed E-state index contributed by atoms with van der Waals surface area (Å²) in [5.41, 5.74) is 1.14. The SMILES string of the molecule is C=Cc1ccc(S(=O)(=O)N(Cl)c2ccc(N3CCN(CCC)[C@@H](C)C3)nc2)cc1. The number of nitrogens with zero attached hydrogens (tertiary/aromatic N) is 4. The molecule has 29 heavy (non-hydrogen) atoms. The first-order valence-electron chi connectivity index (χ1n) is 9.75.